The summed E-state index contributed by atoms with van der Waals surface area (Å²) in [5.74, 6) is -0.695. The third-order valence-corrected chi connectivity index (χ3v) is 4.87. The summed E-state index contributed by atoms with van der Waals surface area (Å²) in [5.41, 5.74) is 26.5. The Labute approximate surface area is 169 Å². The van der Waals surface area contributed by atoms with Gasteiger partial charge < -0.3 is 27.8 Å². The van der Waals surface area contributed by atoms with Crippen LogP contribution in [0, 0.1) is 6.92 Å². The summed E-state index contributed by atoms with van der Waals surface area (Å²) in [6.07, 6.45) is 4.71. The zero-order chi connectivity index (χ0) is 21.0. The van der Waals surface area contributed by atoms with Crippen molar-refractivity contribution in [2.24, 2.45) is 22.2 Å². The standard InChI is InChI=1S/C20H26N8O/c1-12-5-2-3-7-14(12)15-10-25-19(24)17(26-15)20(29)27-18(23)16(9-21)28-8-4-6-13(22)11-28/h2-3,5,7,9-10,13H,4,6,8,11,21-22H2,1H3,(H2,24,25)(H2,23,27,29). The number of aliphatic imine (C=N–C) groups is 1. The predicted molar refractivity (Wildman–Crippen MR) is 114 cm³/mol. The first kappa shape index (κ1) is 20.3. The highest BCUT2D eigenvalue weighted by atomic mass is 16.1. The first-order valence-corrected chi connectivity index (χ1v) is 9.40. The molecular weight excluding hydrogens is 368 g/mol. The van der Waals surface area contributed by atoms with Crippen molar-refractivity contribution in [1.82, 2.24) is 14.9 Å². The van der Waals surface area contributed by atoms with E-state index in [1.54, 1.807) is 0 Å². The van der Waals surface area contributed by atoms with Crippen LogP contribution in [0.15, 0.2) is 47.4 Å². The number of piperidine rings is 1. The van der Waals surface area contributed by atoms with Crippen LogP contribution >= 0.6 is 0 Å². The number of likely N-dealkylation sites (tertiary alicyclic amines) is 1. The van der Waals surface area contributed by atoms with E-state index in [9.17, 15) is 4.79 Å². The molecule has 0 bridgehead atoms. The highest BCUT2D eigenvalue weighted by Crippen LogP contribution is 2.22. The van der Waals surface area contributed by atoms with E-state index < -0.39 is 5.91 Å². The van der Waals surface area contributed by atoms with Gasteiger partial charge in [0.2, 0.25) is 0 Å². The number of aryl methyl sites for hydroxylation is 1. The third-order valence-electron chi connectivity index (χ3n) is 4.87. The average molecular weight is 394 g/mol. The monoisotopic (exact) mass is 394 g/mol. The topological polar surface area (TPSA) is 163 Å². The number of nitrogens with two attached hydrogens (primary N) is 4. The molecular formula is C20H26N8O. The maximum atomic E-state index is 12.8. The van der Waals surface area contributed by atoms with Crippen LogP contribution in [0.3, 0.4) is 0 Å². The van der Waals surface area contributed by atoms with Crippen LogP contribution in [0.2, 0.25) is 0 Å². The van der Waals surface area contributed by atoms with Crippen LogP contribution in [0.25, 0.3) is 11.3 Å². The second-order valence-corrected chi connectivity index (χ2v) is 7.01. The molecule has 1 aromatic carbocycles. The fourth-order valence-electron chi connectivity index (χ4n) is 3.35. The second-order valence-electron chi connectivity index (χ2n) is 7.01. The molecule has 29 heavy (non-hydrogen) atoms. The molecule has 0 aliphatic carbocycles. The Bertz CT molecular complexity index is 969. The number of nitrogen functional groups attached to an aromatic ring is 1. The lowest BCUT2D eigenvalue weighted by Crippen LogP contribution is -2.45. The van der Waals surface area contributed by atoms with Crippen molar-refractivity contribution in [1.29, 1.82) is 0 Å². The molecule has 8 N–H and O–H groups in total. The quantitative estimate of drug-likeness (QED) is 0.436. The maximum absolute atomic E-state index is 12.8. The Morgan fingerprint density at radius 3 is 2.79 bits per heavy atom. The van der Waals surface area contributed by atoms with E-state index in [0.717, 1.165) is 30.5 Å². The summed E-state index contributed by atoms with van der Waals surface area (Å²) in [4.78, 5) is 27.1. The number of nitrogens with zero attached hydrogens (tertiary/aromatic N) is 4. The fraction of sp³-hybridized carbons (Fsp3) is 0.300. The number of amides is 1. The van der Waals surface area contributed by atoms with Crippen LogP contribution in [-0.4, -0.2) is 45.7 Å². The van der Waals surface area contributed by atoms with Crippen LogP contribution in [0.1, 0.15) is 28.9 Å². The third kappa shape index (κ3) is 4.52. The van der Waals surface area contributed by atoms with Crippen LogP contribution in [0.4, 0.5) is 5.82 Å². The molecule has 2 heterocycles. The molecule has 1 aliphatic rings. The molecule has 152 valence electrons. The van der Waals surface area contributed by atoms with Gasteiger partial charge in [-0.15, -0.1) is 0 Å². The van der Waals surface area contributed by atoms with Gasteiger partial charge in [-0.05, 0) is 25.3 Å². The molecule has 1 unspecified atom stereocenters. The molecule has 1 aliphatic heterocycles. The summed E-state index contributed by atoms with van der Waals surface area (Å²) >= 11 is 0. The van der Waals surface area contributed by atoms with E-state index >= 15 is 0 Å². The Morgan fingerprint density at radius 2 is 2.10 bits per heavy atom. The normalized spacial score (nSPS) is 18.0. The van der Waals surface area contributed by atoms with Crippen molar-refractivity contribution in [2.45, 2.75) is 25.8 Å². The molecule has 1 atom stereocenters. The molecule has 0 radical (unpaired) electrons. The lowest BCUT2D eigenvalue weighted by molar-refractivity contribution is 0.0998. The highest BCUT2D eigenvalue weighted by Gasteiger charge is 2.22. The van der Waals surface area contributed by atoms with E-state index in [1.807, 2.05) is 36.1 Å². The van der Waals surface area contributed by atoms with Crippen molar-refractivity contribution in [3.63, 3.8) is 0 Å². The van der Waals surface area contributed by atoms with Gasteiger partial charge in [0, 0.05) is 30.9 Å². The molecule has 1 fully saturated rings. The molecule has 3 rings (SSSR count). The maximum Gasteiger partial charge on any atom is 0.301 e. The summed E-state index contributed by atoms with van der Waals surface area (Å²) < 4.78 is 0. The zero-order valence-electron chi connectivity index (χ0n) is 16.4. The minimum atomic E-state index is -0.677. The van der Waals surface area contributed by atoms with Crippen molar-refractivity contribution in [3.8, 4) is 11.3 Å². The lowest BCUT2D eigenvalue weighted by atomic mass is 10.1. The number of aromatic nitrogens is 2. The van der Waals surface area contributed by atoms with Gasteiger partial charge in [-0.2, -0.15) is 4.99 Å². The number of rotatable bonds is 4. The van der Waals surface area contributed by atoms with Gasteiger partial charge in [-0.3, -0.25) is 4.79 Å². The fourth-order valence-corrected chi connectivity index (χ4v) is 3.35. The number of hydrogen-bond acceptors (Lipinski definition) is 7. The average Bonchev–Trinajstić information content (AvgIpc) is 2.69. The molecule has 1 saturated heterocycles. The van der Waals surface area contributed by atoms with Crippen LogP contribution in [-0.2, 0) is 0 Å². The zero-order valence-corrected chi connectivity index (χ0v) is 16.4. The second kappa shape index (κ2) is 8.70. The van der Waals surface area contributed by atoms with Gasteiger partial charge in [-0.25, -0.2) is 9.97 Å². The number of carbonyl (C=O) groups is 1. The van der Waals surface area contributed by atoms with Gasteiger partial charge >= 0.3 is 5.91 Å². The summed E-state index contributed by atoms with van der Waals surface area (Å²) in [6.45, 7) is 3.29. The molecule has 9 nitrogen and oxygen atoms in total. The number of hydrogen-bond donors (Lipinski definition) is 4. The first-order valence-electron chi connectivity index (χ1n) is 9.40. The largest absolute Gasteiger partial charge is 0.403 e. The Morgan fingerprint density at radius 1 is 1.34 bits per heavy atom. The van der Waals surface area contributed by atoms with Gasteiger partial charge in [0.25, 0.3) is 0 Å². The first-order chi connectivity index (χ1) is 13.9. The van der Waals surface area contributed by atoms with E-state index in [1.165, 1.54) is 12.4 Å². The summed E-state index contributed by atoms with van der Waals surface area (Å²) in [5, 5.41) is 0. The van der Waals surface area contributed by atoms with Crippen molar-refractivity contribution < 1.29 is 4.79 Å². The Hall–Kier alpha value is -3.46. The smallest absolute Gasteiger partial charge is 0.301 e. The Kier molecular flexibility index (Phi) is 6.08. The molecule has 1 aromatic heterocycles. The van der Waals surface area contributed by atoms with Gasteiger partial charge in [-0.1, -0.05) is 24.3 Å². The Balaban J connectivity index is 1.89. The predicted octanol–water partition coefficient (Wildman–Crippen LogP) is 0.755. The molecule has 0 spiro atoms. The minimum Gasteiger partial charge on any atom is -0.403 e. The SMILES string of the molecule is Cc1ccccc1-c1cnc(N)c(C(=O)N=C(N)C(=CN)N2CCCC(N)C2)n1. The minimum absolute atomic E-state index is 0.00547. The molecule has 1 amide bonds. The molecule has 9 heteroatoms. The van der Waals surface area contributed by atoms with E-state index in [-0.39, 0.29) is 23.4 Å². The van der Waals surface area contributed by atoms with E-state index in [2.05, 4.69) is 15.0 Å². The summed E-state index contributed by atoms with van der Waals surface area (Å²) in [6, 6.07) is 7.69. The van der Waals surface area contributed by atoms with Crippen molar-refractivity contribution in [2.75, 3.05) is 18.8 Å². The van der Waals surface area contributed by atoms with Crippen molar-refractivity contribution in [3.05, 3.63) is 53.6 Å². The van der Waals surface area contributed by atoms with E-state index in [0.29, 0.717) is 17.9 Å². The van der Waals surface area contributed by atoms with Crippen LogP contribution < -0.4 is 22.9 Å². The van der Waals surface area contributed by atoms with Crippen molar-refractivity contribution >= 4 is 17.6 Å². The lowest BCUT2D eigenvalue weighted by Gasteiger charge is -2.33. The molecule has 0 saturated carbocycles. The van der Waals surface area contributed by atoms with Gasteiger partial charge in [0.05, 0.1) is 17.6 Å². The van der Waals surface area contributed by atoms with Crippen LogP contribution in [0.5, 0.6) is 0 Å². The molecule has 2 aromatic rings. The number of benzene rings is 1. The van der Waals surface area contributed by atoms with Gasteiger partial charge in [0.15, 0.2) is 17.3 Å². The summed E-state index contributed by atoms with van der Waals surface area (Å²) in [7, 11) is 0. The number of amidine groups is 1. The van der Waals surface area contributed by atoms with E-state index in [4.69, 9.17) is 22.9 Å². The highest BCUT2D eigenvalue weighted by molar-refractivity contribution is 6.09. The number of carbonyl (C=O) groups excluding carboxylic acids is 1. The van der Waals surface area contributed by atoms with Gasteiger partial charge in [0.1, 0.15) is 0 Å². The number of anilines is 1.